The first-order valence-corrected chi connectivity index (χ1v) is 6.71. The molecule has 2 aromatic rings. The topological polar surface area (TPSA) is 49.8 Å². The molecule has 0 aliphatic rings. The molecule has 0 fully saturated rings. The van der Waals surface area contributed by atoms with E-state index in [1.807, 2.05) is 30.3 Å². The number of hydrogen-bond donors (Lipinski definition) is 0. The Balaban J connectivity index is 1.71. The van der Waals surface area contributed by atoms with Crippen molar-refractivity contribution in [3.8, 4) is 11.6 Å². The van der Waals surface area contributed by atoms with Gasteiger partial charge in [0, 0.05) is 13.2 Å². The Morgan fingerprint density at radius 2 is 1.81 bits per heavy atom. The highest BCUT2D eigenvalue weighted by atomic mass is 16.7. The standard InChI is InChI=1S/C16H19NO4/c1-18-9-10-19-13-21-15-7-8-16(17-11-15)20-12-14-5-3-2-4-6-14/h2-8,11H,9-10,12-13H2,1H3. The Bertz CT molecular complexity index is 501. The van der Waals surface area contributed by atoms with Gasteiger partial charge in [0.1, 0.15) is 12.4 Å². The van der Waals surface area contributed by atoms with E-state index in [-0.39, 0.29) is 6.79 Å². The summed E-state index contributed by atoms with van der Waals surface area (Å²) in [6.07, 6.45) is 1.61. The number of ether oxygens (including phenoxy) is 4. The van der Waals surface area contributed by atoms with E-state index >= 15 is 0 Å². The zero-order chi connectivity index (χ0) is 14.8. The molecule has 1 aromatic carbocycles. The SMILES string of the molecule is COCCOCOc1ccc(OCc2ccccc2)nc1. The highest BCUT2D eigenvalue weighted by Gasteiger charge is 1.99. The minimum Gasteiger partial charge on any atom is -0.473 e. The van der Waals surface area contributed by atoms with Crippen molar-refractivity contribution in [3.63, 3.8) is 0 Å². The molecule has 0 saturated carbocycles. The highest BCUT2D eigenvalue weighted by molar-refractivity contribution is 5.23. The van der Waals surface area contributed by atoms with Crippen LogP contribution in [0.1, 0.15) is 5.56 Å². The predicted molar refractivity (Wildman–Crippen MR) is 78.3 cm³/mol. The van der Waals surface area contributed by atoms with Crippen LogP contribution in [0, 0.1) is 0 Å². The molecule has 0 N–H and O–H groups in total. The first-order valence-electron chi connectivity index (χ1n) is 6.71. The van der Waals surface area contributed by atoms with Gasteiger partial charge in [-0.05, 0) is 11.6 Å². The molecule has 0 bridgehead atoms. The van der Waals surface area contributed by atoms with Crippen LogP contribution in [-0.4, -0.2) is 32.1 Å². The highest BCUT2D eigenvalue weighted by Crippen LogP contribution is 2.15. The third-order valence-corrected chi connectivity index (χ3v) is 2.68. The summed E-state index contributed by atoms with van der Waals surface area (Å²) in [6.45, 7) is 1.72. The second-order valence-electron chi connectivity index (χ2n) is 4.27. The number of aromatic nitrogens is 1. The molecule has 5 heteroatoms. The lowest BCUT2D eigenvalue weighted by molar-refractivity contribution is -0.00866. The molecule has 2 rings (SSSR count). The third-order valence-electron chi connectivity index (χ3n) is 2.68. The van der Waals surface area contributed by atoms with Crippen LogP contribution in [0.15, 0.2) is 48.7 Å². The van der Waals surface area contributed by atoms with Crippen LogP contribution >= 0.6 is 0 Å². The zero-order valence-corrected chi connectivity index (χ0v) is 12.0. The van der Waals surface area contributed by atoms with Crippen LogP contribution in [0.25, 0.3) is 0 Å². The molecule has 21 heavy (non-hydrogen) atoms. The van der Waals surface area contributed by atoms with Crippen LogP contribution in [0.3, 0.4) is 0 Å². The van der Waals surface area contributed by atoms with Crippen molar-refractivity contribution in [3.05, 3.63) is 54.2 Å². The van der Waals surface area contributed by atoms with Crippen molar-refractivity contribution < 1.29 is 18.9 Å². The molecule has 0 amide bonds. The van der Waals surface area contributed by atoms with Gasteiger partial charge in [-0.25, -0.2) is 4.98 Å². The lowest BCUT2D eigenvalue weighted by Gasteiger charge is -2.08. The smallest absolute Gasteiger partial charge is 0.213 e. The van der Waals surface area contributed by atoms with Crippen molar-refractivity contribution >= 4 is 0 Å². The first kappa shape index (κ1) is 15.3. The number of rotatable bonds is 9. The summed E-state index contributed by atoms with van der Waals surface area (Å²) in [4.78, 5) is 4.18. The third kappa shape index (κ3) is 5.81. The molecule has 112 valence electrons. The molecule has 0 atom stereocenters. The Morgan fingerprint density at radius 3 is 2.52 bits per heavy atom. The molecule has 5 nitrogen and oxygen atoms in total. The average molecular weight is 289 g/mol. The average Bonchev–Trinajstić information content (AvgIpc) is 2.55. The van der Waals surface area contributed by atoms with E-state index in [0.717, 1.165) is 5.56 Å². The van der Waals surface area contributed by atoms with Crippen molar-refractivity contribution in [2.75, 3.05) is 27.1 Å². The zero-order valence-electron chi connectivity index (χ0n) is 12.0. The second-order valence-corrected chi connectivity index (χ2v) is 4.27. The molecular formula is C16H19NO4. The molecule has 0 aliphatic carbocycles. The number of pyridine rings is 1. The maximum atomic E-state index is 5.59. The lowest BCUT2D eigenvalue weighted by atomic mass is 10.2. The summed E-state index contributed by atoms with van der Waals surface area (Å²) < 4.78 is 21.0. The minimum absolute atomic E-state index is 0.176. The molecule has 1 heterocycles. The van der Waals surface area contributed by atoms with E-state index < -0.39 is 0 Å². The summed E-state index contributed by atoms with van der Waals surface area (Å²) >= 11 is 0. The van der Waals surface area contributed by atoms with E-state index in [9.17, 15) is 0 Å². The van der Waals surface area contributed by atoms with E-state index in [1.54, 1.807) is 25.4 Å². The Kier molecular flexibility index (Phi) is 6.51. The summed E-state index contributed by atoms with van der Waals surface area (Å²) in [5.41, 5.74) is 1.10. The maximum Gasteiger partial charge on any atom is 0.213 e. The van der Waals surface area contributed by atoms with Crippen molar-refractivity contribution in [1.29, 1.82) is 0 Å². The van der Waals surface area contributed by atoms with Crippen molar-refractivity contribution in [2.45, 2.75) is 6.61 Å². The van der Waals surface area contributed by atoms with Crippen LogP contribution in [-0.2, 0) is 16.1 Å². The van der Waals surface area contributed by atoms with E-state index in [2.05, 4.69) is 4.98 Å². The van der Waals surface area contributed by atoms with Gasteiger partial charge in [-0.2, -0.15) is 0 Å². The van der Waals surface area contributed by atoms with Gasteiger partial charge in [-0.15, -0.1) is 0 Å². The Hall–Kier alpha value is -2.11. The van der Waals surface area contributed by atoms with Gasteiger partial charge in [0.25, 0.3) is 0 Å². The van der Waals surface area contributed by atoms with Crippen LogP contribution in [0.2, 0.25) is 0 Å². The lowest BCUT2D eigenvalue weighted by Crippen LogP contribution is -2.07. The molecule has 0 spiro atoms. The molecule has 0 aliphatic heterocycles. The maximum absolute atomic E-state index is 5.59. The minimum atomic E-state index is 0.176. The van der Waals surface area contributed by atoms with Gasteiger partial charge in [-0.1, -0.05) is 30.3 Å². The largest absolute Gasteiger partial charge is 0.473 e. The summed E-state index contributed by atoms with van der Waals surface area (Å²) in [5, 5.41) is 0. The quantitative estimate of drug-likeness (QED) is 0.524. The molecule has 0 unspecified atom stereocenters. The van der Waals surface area contributed by atoms with Gasteiger partial charge in [-0.3, -0.25) is 0 Å². The van der Waals surface area contributed by atoms with Crippen LogP contribution in [0.5, 0.6) is 11.6 Å². The fourth-order valence-corrected chi connectivity index (χ4v) is 1.58. The summed E-state index contributed by atoms with van der Waals surface area (Å²) in [5.74, 6) is 1.20. The van der Waals surface area contributed by atoms with E-state index in [0.29, 0.717) is 31.5 Å². The molecule has 0 radical (unpaired) electrons. The van der Waals surface area contributed by atoms with Crippen molar-refractivity contribution in [2.24, 2.45) is 0 Å². The molecule has 1 aromatic heterocycles. The fraction of sp³-hybridized carbons (Fsp3) is 0.312. The first-order chi connectivity index (χ1) is 10.4. The summed E-state index contributed by atoms with van der Waals surface area (Å²) in [6, 6.07) is 13.5. The van der Waals surface area contributed by atoms with Gasteiger partial charge in [0.05, 0.1) is 19.4 Å². The van der Waals surface area contributed by atoms with Gasteiger partial charge in [0.2, 0.25) is 5.88 Å². The molecule has 0 saturated heterocycles. The number of benzene rings is 1. The fourth-order valence-electron chi connectivity index (χ4n) is 1.58. The van der Waals surface area contributed by atoms with Crippen LogP contribution < -0.4 is 9.47 Å². The van der Waals surface area contributed by atoms with E-state index in [1.165, 1.54) is 0 Å². The van der Waals surface area contributed by atoms with Gasteiger partial charge >= 0.3 is 0 Å². The summed E-state index contributed by atoms with van der Waals surface area (Å²) in [7, 11) is 1.63. The monoisotopic (exact) mass is 289 g/mol. The predicted octanol–water partition coefficient (Wildman–Crippen LogP) is 2.66. The number of nitrogens with zero attached hydrogens (tertiary/aromatic N) is 1. The number of methoxy groups -OCH3 is 1. The van der Waals surface area contributed by atoms with Crippen LogP contribution in [0.4, 0.5) is 0 Å². The van der Waals surface area contributed by atoms with E-state index in [4.69, 9.17) is 18.9 Å². The molecular weight excluding hydrogens is 270 g/mol. The Labute approximate surface area is 124 Å². The number of hydrogen-bond acceptors (Lipinski definition) is 5. The van der Waals surface area contributed by atoms with Gasteiger partial charge < -0.3 is 18.9 Å². The normalized spacial score (nSPS) is 10.3. The second kappa shape index (κ2) is 8.94. The van der Waals surface area contributed by atoms with Crippen molar-refractivity contribution in [1.82, 2.24) is 4.98 Å². The Morgan fingerprint density at radius 1 is 0.952 bits per heavy atom. The van der Waals surface area contributed by atoms with Gasteiger partial charge in [0.15, 0.2) is 6.79 Å².